The van der Waals surface area contributed by atoms with Gasteiger partial charge in [-0.25, -0.2) is 0 Å². The molecule has 0 saturated heterocycles. The topological polar surface area (TPSA) is 64.3 Å². The van der Waals surface area contributed by atoms with Crippen LogP contribution in [0.15, 0.2) is 33.8 Å². The van der Waals surface area contributed by atoms with E-state index in [0.717, 1.165) is 6.42 Å². The zero-order chi connectivity index (χ0) is 13.7. The fraction of sp³-hybridized carbons (Fsp3) is 0.267. The Labute approximate surface area is 109 Å². The van der Waals surface area contributed by atoms with Crippen LogP contribution in [-0.4, -0.2) is 17.3 Å². The predicted molar refractivity (Wildman–Crippen MR) is 67.3 cm³/mol. The highest BCUT2D eigenvalue weighted by Gasteiger charge is 2.38. The molecule has 2 aliphatic carbocycles. The lowest BCUT2D eigenvalue weighted by molar-refractivity contribution is 0.0937. The summed E-state index contributed by atoms with van der Waals surface area (Å²) >= 11 is 0. The van der Waals surface area contributed by atoms with Gasteiger partial charge in [-0.2, -0.15) is 0 Å². The van der Waals surface area contributed by atoms with Crippen molar-refractivity contribution in [1.29, 1.82) is 0 Å². The zero-order valence-corrected chi connectivity index (χ0v) is 10.6. The molecule has 4 nitrogen and oxygen atoms in total. The Kier molecular flexibility index (Phi) is 2.42. The third kappa shape index (κ3) is 1.56. The molecule has 4 heteroatoms. The molecule has 0 radical (unpaired) electrons. The molecule has 0 saturated carbocycles. The second kappa shape index (κ2) is 3.88. The summed E-state index contributed by atoms with van der Waals surface area (Å²) in [6.45, 7) is 3.25. The summed E-state index contributed by atoms with van der Waals surface area (Å²) in [6, 6.07) is 1.37. The molecule has 0 spiro atoms. The van der Waals surface area contributed by atoms with E-state index < -0.39 is 0 Å². The number of ketones is 3. The van der Waals surface area contributed by atoms with Gasteiger partial charge in [0, 0.05) is 18.1 Å². The Morgan fingerprint density at radius 2 is 2.05 bits per heavy atom. The van der Waals surface area contributed by atoms with Crippen molar-refractivity contribution in [2.75, 3.05) is 0 Å². The summed E-state index contributed by atoms with van der Waals surface area (Å²) in [6.07, 6.45) is 4.32. The highest BCUT2D eigenvalue weighted by molar-refractivity contribution is 6.27. The molecule has 0 aliphatic heterocycles. The first-order valence-electron chi connectivity index (χ1n) is 6.15. The van der Waals surface area contributed by atoms with Crippen LogP contribution in [0.3, 0.4) is 0 Å². The predicted octanol–water partition coefficient (Wildman–Crippen LogP) is 2.75. The number of allylic oxidation sites excluding steroid dienone is 4. The van der Waals surface area contributed by atoms with E-state index in [0.29, 0.717) is 11.1 Å². The van der Waals surface area contributed by atoms with Crippen LogP contribution in [-0.2, 0) is 0 Å². The van der Waals surface area contributed by atoms with E-state index in [1.807, 2.05) is 13.0 Å². The first kappa shape index (κ1) is 11.8. The van der Waals surface area contributed by atoms with Gasteiger partial charge >= 0.3 is 0 Å². The van der Waals surface area contributed by atoms with Crippen LogP contribution >= 0.6 is 0 Å². The number of carbonyl (C=O) groups is 3. The number of hydrogen-bond acceptors (Lipinski definition) is 4. The molecule has 1 aromatic rings. The van der Waals surface area contributed by atoms with Crippen molar-refractivity contribution in [2.45, 2.75) is 20.3 Å². The van der Waals surface area contributed by atoms with Gasteiger partial charge in [-0.15, -0.1) is 0 Å². The van der Waals surface area contributed by atoms with Gasteiger partial charge in [0.2, 0.25) is 5.78 Å². The van der Waals surface area contributed by atoms with E-state index in [2.05, 4.69) is 0 Å². The second-order valence-electron chi connectivity index (χ2n) is 4.93. The Morgan fingerprint density at radius 3 is 2.74 bits per heavy atom. The molecule has 19 heavy (non-hydrogen) atoms. The number of fused-ring (bicyclic) bond motifs is 1. The number of carbonyl (C=O) groups excluding carboxylic acids is 3. The lowest BCUT2D eigenvalue weighted by Crippen LogP contribution is -2.25. The molecule has 1 heterocycles. The van der Waals surface area contributed by atoms with Crippen molar-refractivity contribution in [3.8, 4) is 0 Å². The van der Waals surface area contributed by atoms with E-state index in [9.17, 15) is 14.4 Å². The van der Waals surface area contributed by atoms with Crippen molar-refractivity contribution in [3.05, 3.63) is 46.4 Å². The summed E-state index contributed by atoms with van der Waals surface area (Å²) < 4.78 is 5.27. The summed E-state index contributed by atoms with van der Waals surface area (Å²) in [5.74, 6) is -0.732. The molecule has 1 atom stereocenters. The van der Waals surface area contributed by atoms with E-state index in [4.69, 9.17) is 4.42 Å². The molecular formula is C15H12O4. The normalized spacial score (nSPS) is 21.5. The molecule has 0 fully saturated rings. The van der Waals surface area contributed by atoms with Gasteiger partial charge in [-0.05, 0) is 18.4 Å². The van der Waals surface area contributed by atoms with Gasteiger partial charge in [-0.3, -0.25) is 14.4 Å². The highest BCUT2D eigenvalue weighted by atomic mass is 16.4. The molecule has 96 valence electrons. The van der Waals surface area contributed by atoms with E-state index in [1.165, 1.54) is 13.0 Å². The molecule has 2 aliphatic rings. The van der Waals surface area contributed by atoms with Crippen LogP contribution in [0.1, 0.15) is 51.7 Å². The lowest BCUT2D eigenvalue weighted by Gasteiger charge is -2.23. The zero-order valence-electron chi connectivity index (χ0n) is 10.6. The fourth-order valence-electron chi connectivity index (χ4n) is 2.58. The van der Waals surface area contributed by atoms with E-state index in [1.54, 1.807) is 6.08 Å². The average Bonchev–Trinajstić information content (AvgIpc) is 2.81. The first-order valence-corrected chi connectivity index (χ1v) is 6.15. The maximum Gasteiger partial charge on any atom is 0.225 e. The maximum atomic E-state index is 12.4. The van der Waals surface area contributed by atoms with Gasteiger partial charge in [0.1, 0.15) is 0 Å². The molecule has 1 unspecified atom stereocenters. The van der Waals surface area contributed by atoms with Crippen LogP contribution in [0.4, 0.5) is 0 Å². The third-order valence-corrected chi connectivity index (χ3v) is 3.58. The van der Waals surface area contributed by atoms with Gasteiger partial charge in [0.15, 0.2) is 23.1 Å². The van der Waals surface area contributed by atoms with Gasteiger partial charge in [0.05, 0.1) is 5.56 Å². The minimum atomic E-state index is -0.295. The molecule has 0 N–H and O–H groups in total. The third-order valence-electron chi connectivity index (χ3n) is 3.58. The van der Waals surface area contributed by atoms with Crippen molar-refractivity contribution in [1.82, 2.24) is 0 Å². The number of Topliss-reactive ketones (excluding diaryl/α,β-unsaturated/α-hetero) is 3. The molecule has 0 amide bonds. The number of furan rings is 1. The lowest BCUT2D eigenvalue weighted by atomic mass is 9.78. The minimum Gasteiger partial charge on any atom is -0.449 e. The van der Waals surface area contributed by atoms with Crippen molar-refractivity contribution >= 4 is 17.3 Å². The van der Waals surface area contributed by atoms with Gasteiger partial charge in [0.25, 0.3) is 0 Å². The number of rotatable bonds is 1. The largest absolute Gasteiger partial charge is 0.449 e. The molecule has 0 aromatic carbocycles. The van der Waals surface area contributed by atoms with Gasteiger partial charge in [-0.1, -0.05) is 19.1 Å². The second-order valence-corrected chi connectivity index (χ2v) is 4.93. The van der Waals surface area contributed by atoms with Crippen molar-refractivity contribution < 1.29 is 18.8 Å². The smallest absolute Gasteiger partial charge is 0.225 e. The summed E-state index contributed by atoms with van der Waals surface area (Å²) in [7, 11) is 0. The monoisotopic (exact) mass is 256 g/mol. The maximum absolute atomic E-state index is 12.4. The summed E-state index contributed by atoms with van der Waals surface area (Å²) in [4.78, 5) is 36.1. The first-order chi connectivity index (χ1) is 9.00. The minimum absolute atomic E-state index is 0.00419. The SMILES string of the molecule is CC(=O)c1cc2c(o1)C(=O)C1=C(C=CCC1C)C2=O. The Balaban J connectivity index is 2.21. The fourth-order valence-corrected chi connectivity index (χ4v) is 2.58. The standard InChI is InChI=1S/C15H12O4/c1-7-4-3-5-9-12(7)14(18)15-10(13(9)17)6-11(19-15)8(2)16/h3,5-7H,4H2,1-2H3. The molecular weight excluding hydrogens is 244 g/mol. The summed E-state index contributed by atoms with van der Waals surface area (Å²) in [5, 5.41) is 0. The van der Waals surface area contributed by atoms with Crippen LogP contribution < -0.4 is 0 Å². The molecule has 0 bridgehead atoms. The molecule has 1 aromatic heterocycles. The van der Waals surface area contributed by atoms with Crippen LogP contribution in [0, 0.1) is 5.92 Å². The highest BCUT2D eigenvalue weighted by Crippen LogP contribution is 2.36. The van der Waals surface area contributed by atoms with Crippen molar-refractivity contribution in [2.24, 2.45) is 5.92 Å². The number of hydrogen-bond donors (Lipinski definition) is 0. The molecule has 3 rings (SSSR count). The quantitative estimate of drug-likeness (QED) is 0.725. The Hall–Kier alpha value is -2.23. The van der Waals surface area contributed by atoms with Crippen LogP contribution in [0.5, 0.6) is 0 Å². The Morgan fingerprint density at radius 1 is 1.32 bits per heavy atom. The van der Waals surface area contributed by atoms with E-state index >= 15 is 0 Å². The van der Waals surface area contributed by atoms with Crippen LogP contribution in [0.2, 0.25) is 0 Å². The Bertz CT molecular complexity index is 685. The van der Waals surface area contributed by atoms with Gasteiger partial charge < -0.3 is 4.42 Å². The average molecular weight is 256 g/mol. The van der Waals surface area contributed by atoms with Crippen LogP contribution in [0.25, 0.3) is 0 Å². The van der Waals surface area contributed by atoms with Crippen molar-refractivity contribution in [3.63, 3.8) is 0 Å². The summed E-state index contributed by atoms with van der Waals surface area (Å²) in [5.41, 5.74) is 1.14. The van der Waals surface area contributed by atoms with E-state index in [-0.39, 0.29) is 40.4 Å².